The first-order valence-corrected chi connectivity index (χ1v) is 4.29. The van der Waals surface area contributed by atoms with Gasteiger partial charge in [-0.3, -0.25) is 0 Å². The average molecular weight is 162 g/mol. The molecule has 0 bridgehead atoms. The Kier molecular flexibility index (Phi) is 1.60. The van der Waals surface area contributed by atoms with Gasteiger partial charge in [-0.05, 0) is 25.2 Å². The lowest BCUT2D eigenvalue weighted by atomic mass is 10.1. The molecule has 0 aliphatic heterocycles. The van der Waals surface area contributed by atoms with Crippen molar-refractivity contribution in [1.29, 1.82) is 0 Å². The number of fused-ring (bicyclic) bond motifs is 1. The molecule has 0 radical (unpaired) electrons. The second-order valence-corrected chi connectivity index (χ2v) is 3.88. The van der Waals surface area contributed by atoms with Crippen molar-refractivity contribution in [2.45, 2.75) is 46.5 Å². The maximum absolute atomic E-state index is 12.6. The number of hydrogen-bond donors (Lipinski definition) is 0. The Labute approximate surface area is 67.0 Å². The summed E-state index contributed by atoms with van der Waals surface area (Å²) in [6.45, 7) is 7.00. The van der Waals surface area contributed by atoms with Gasteiger partial charge in [0, 0.05) is 5.41 Å². The van der Waals surface area contributed by atoms with Gasteiger partial charge in [-0.15, -0.1) is 0 Å². The Hall–Kier alpha value is -0.140. The molecule has 11 heavy (non-hydrogen) atoms. The molecule has 0 aromatic rings. The minimum absolute atomic E-state index is 0.0469. The Balaban J connectivity index is 0.000000281. The summed E-state index contributed by atoms with van der Waals surface area (Å²) < 4.78 is 25.2. The normalized spacial score (nSPS) is 45.3. The molecule has 0 nitrogen and oxygen atoms in total. The van der Waals surface area contributed by atoms with E-state index in [0.717, 1.165) is 19.8 Å². The van der Waals surface area contributed by atoms with Crippen LogP contribution in [-0.2, 0) is 0 Å². The third-order valence-electron chi connectivity index (χ3n) is 3.13. The molecule has 2 rings (SSSR count). The van der Waals surface area contributed by atoms with Gasteiger partial charge in [0.1, 0.15) is 0 Å². The molecule has 2 fully saturated rings. The summed E-state index contributed by atoms with van der Waals surface area (Å²) in [5.41, 5.74) is -0.495. The van der Waals surface area contributed by atoms with Gasteiger partial charge in [0.2, 0.25) is 0 Å². The molecule has 2 heteroatoms. The van der Waals surface area contributed by atoms with Gasteiger partial charge in [-0.25, -0.2) is 8.78 Å². The first kappa shape index (κ1) is 8.95. The highest BCUT2D eigenvalue weighted by atomic mass is 19.3. The first-order valence-electron chi connectivity index (χ1n) is 4.29. The predicted molar refractivity (Wildman–Crippen MR) is 41.7 cm³/mol. The van der Waals surface area contributed by atoms with Crippen LogP contribution in [0.4, 0.5) is 8.78 Å². The molecular formula is C9H16F2. The van der Waals surface area contributed by atoms with Gasteiger partial charge in [0.25, 0.3) is 5.92 Å². The highest BCUT2D eigenvalue weighted by molar-refractivity contribution is 5.32. The molecule has 0 atom stereocenters. The summed E-state index contributed by atoms with van der Waals surface area (Å²) in [5, 5.41) is 0. The lowest BCUT2D eigenvalue weighted by molar-refractivity contribution is -0.0290. The Bertz CT molecular complexity index is 161. The average Bonchev–Trinajstić information content (AvgIpc) is 2.56. The van der Waals surface area contributed by atoms with Crippen molar-refractivity contribution in [1.82, 2.24) is 0 Å². The van der Waals surface area contributed by atoms with E-state index in [9.17, 15) is 8.78 Å². The minimum Gasteiger partial charge on any atom is -0.207 e. The summed E-state index contributed by atoms with van der Waals surface area (Å²) >= 11 is 0. The van der Waals surface area contributed by atoms with Gasteiger partial charge in [0.15, 0.2) is 0 Å². The molecule has 0 aromatic carbocycles. The topological polar surface area (TPSA) is 0 Å². The first-order chi connectivity index (χ1) is 4.91. The van der Waals surface area contributed by atoms with Crippen molar-refractivity contribution >= 4 is 0 Å². The van der Waals surface area contributed by atoms with Crippen LogP contribution in [0.5, 0.6) is 0 Å². The quantitative estimate of drug-likeness (QED) is 0.553. The van der Waals surface area contributed by atoms with E-state index >= 15 is 0 Å². The zero-order valence-electron chi connectivity index (χ0n) is 7.67. The molecule has 2 saturated carbocycles. The van der Waals surface area contributed by atoms with E-state index in [4.69, 9.17) is 0 Å². The number of alkyl halides is 2. The zero-order valence-corrected chi connectivity index (χ0v) is 7.67. The van der Waals surface area contributed by atoms with Gasteiger partial charge in [-0.2, -0.15) is 0 Å². The van der Waals surface area contributed by atoms with E-state index in [1.54, 1.807) is 0 Å². The summed E-state index contributed by atoms with van der Waals surface area (Å²) in [7, 11) is 0. The van der Waals surface area contributed by atoms with Crippen LogP contribution < -0.4 is 0 Å². The Morgan fingerprint density at radius 3 is 1.45 bits per heavy atom. The molecule has 0 aromatic heterocycles. The number of halogens is 2. The van der Waals surface area contributed by atoms with Gasteiger partial charge >= 0.3 is 0 Å². The largest absolute Gasteiger partial charge is 0.251 e. The summed E-state index contributed by atoms with van der Waals surface area (Å²) in [4.78, 5) is 0. The molecule has 0 saturated heterocycles. The fourth-order valence-electron chi connectivity index (χ4n) is 2.03. The van der Waals surface area contributed by atoms with E-state index in [1.807, 2.05) is 20.8 Å². The van der Waals surface area contributed by atoms with Crippen molar-refractivity contribution in [2.75, 3.05) is 0 Å². The van der Waals surface area contributed by atoms with Crippen LogP contribution in [0.1, 0.15) is 40.5 Å². The maximum Gasteiger partial charge on any atom is 0.251 e. The third kappa shape index (κ3) is 0.911. The molecule has 0 unspecified atom stereocenters. The van der Waals surface area contributed by atoms with E-state index in [2.05, 4.69) is 0 Å². The molecule has 2 aliphatic rings. The molecule has 0 spiro atoms. The fraction of sp³-hybridized carbons (Fsp3) is 1.00. The standard InChI is InChI=1S/C7H10F2.C2H6/c1-5-3-7(5,4-5)6(2,8)9;1-2/h3-4H2,1-2H3;1-2H3. The third-order valence-corrected chi connectivity index (χ3v) is 3.13. The highest BCUT2D eigenvalue weighted by Crippen LogP contribution is 2.90. The van der Waals surface area contributed by atoms with Gasteiger partial charge in [0.05, 0.1) is 0 Å². The van der Waals surface area contributed by atoms with Crippen LogP contribution in [0.15, 0.2) is 0 Å². The van der Waals surface area contributed by atoms with Crippen molar-refractivity contribution in [3.8, 4) is 0 Å². The molecule has 2 aliphatic carbocycles. The summed E-state index contributed by atoms with van der Waals surface area (Å²) in [5.74, 6) is -2.41. The van der Waals surface area contributed by atoms with Crippen molar-refractivity contribution in [3.05, 3.63) is 0 Å². The van der Waals surface area contributed by atoms with Crippen molar-refractivity contribution < 1.29 is 8.78 Å². The van der Waals surface area contributed by atoms with Crippen molar-refractivity contribution in [3.63, 3.8) is 0 Å². The van der Waals surface area contributed by atoms with E-state index < -0.39 is 11.3 Å². The number of hydrogen-bond acceptors (Lipinski definition) is 0. The van der Waals surface area contributed by atoms with E-state index in [0.29, 0.717) is 0 Å². The van der Waals surface area contributed by atoms with Crippen LogP contribution in [0.25, 0.3) is 0 Å². The van der Waals surface area contributed by atoms with Crippen LogP contribution in [-0.4, -0.2) is 5.92 Å². The Morgan fingerprint density at radius 1 is 1.18 bits per heavy atom. The zero-order chi connectivity index (χ0) is 8.91. The van der Waals surface area contributed by atoms with Crippen LogP contribution in [0.3, 0.4) is 0 Å². The van der Waals surface area contributed by atoms with Gasteiger partial charge in [-0.1, -0.05) is 20.8 Å². The summed E-state index contributed by atoms with van der Waals surface area (Å²) in [6.07, 6.45) is 1.51. The van der Waals surface area contributed by atoms with Gasteiger partial charge < -0.3 is 0 Å². The minimum atomic E-state index is -2.41. The van der Waals surface area contributed by atoms with Crippen molar-refractivity contribution in [2.24, 2.45) is 10.8 Å². The lowest BCUT2D eigenvalue weighted by Crippen LogP contribution is -2.18. The predicted octanol–water partition coefficient (Wildman–Crippen LogP) is 3.47. The fourth-order valence-corrected chi connectivity index (χ4v) is 2.03. The maximum atomic E-state index is 12.6. The molecule has 0 N–H and O–H groups in total. The molecule has 66 valence electrons. The SMILES string of the molecule is CC.CC(F)(F)C12CC1(C)C2. The number of rotatable bonds is 1. The smallest absolute Gasteiger partial charge is 0.207 e. The van der Waals surface area contributed by atoms with Crippen LogP contribution in [0, 0.1) is 10.8 Å². The summed E-state index contributed by atoms with van der Waals surface area (Å²) in [6, 6.07) is 0. The highest BCUT2D eigenvalue weighted by Gasteiger charge is 2.88. The van der Waals surface area contributed by atoms with Crippen LogP contribution in [0.2, 0.25) is 0 Å². The monoisotopic (exact) mass is 162 g/mol. The van der Waals surface area contributed by atoms with E-state index in [-0.39, 0.29) is 5.41 Å². The second-order valence-electron chi connectivity index (χ2n) is 3.88. The lowest BCUT2D eigenvalue weighted by Gasteiger charge is -2.11. The second kappa shape index (κ2) is 1.96. The Morgan fingerprint density at radius 2 is 1.45 bits per heavy atom. The molecular weight excluding hydrogens is 146 g/mol. The van der Waals surface area contributed by atoms with E-state index in [1.165, 1.54) is 0 Å². The molecule has 0 heterocycles. The molecule has 0 amide bonds. The van der Waals surface area contributed by atoms with Crippen LogP contribution >= 0.6 is 0 Å².